The summed E-state index contributed by atoms with van der Waals surface area (Å²) in [6.45, 7) is -0.584. The third-order valence-corrected chi connectivity index (χ3v) is 4.98. The summed E-state index contributed by atoms with van der Waals surface area (Å²) in [6.07, 6.45) is 3.81. The van der Waals surface area contributed by atoms with Crippen LogP contribution in [0.1, 0.15) is 37.7 Å². The highest BCUT2D eigenvalue weighted by atomic mass is 16.5. The van der Waals surface area contributed by atoms with Crippen molar-refractivity contribution in [3.05, 3.63) is 29.8 Å². The summed E-state index contributed by atoms with van der Waals surface area (Å²) in [4.78, 5) is 48.6. The van der Waals surface area contributed by atoms with E-state index in [4.69, 9.17) is 9.47 Å². The molecule has 2 N–H and O–H groups in total. The van der Waals surface area contributed by atoms with Crippen LogP contribution in [0.25, 0.3) is 0 Å². The smallest absolute Gasteiger partial charge is 0.344 e. The average Bonchev–Trinajstić information content (AvgIpc) is 2.91. The van der Waals surface area contributed by atoms with Crippen LogP contribution in [0.5, 0.6) is 5.75 Å². The maximum absolute atomic E-state index is 12.6. The van der Waals surface area contributed by atoms with Crippen molar-refractivity contribution in [3.8, 4) is 5.75 Å². The van der Waals surface area contributed by atoms with Gasteiger partial charge >= 0.3 is 12.0 Å². The van der Waals surface area contributed by atoms with E-state index >= 15 is 0 Å². The molecule has 0 atom stereocenters. The van der Waals surface area contributed by atoms with E-state index in [1.165, 1.54) is 0 Å². The minimum Gasteiger partial charge on any atom is -0.497 e. The van der Waals surface area contributed by atoms with Crippen molar-refractivity contribution in [3.63, 3.8) is 0 Å². The molecule has 1 saturated heterocycles. The number of carbonyl (C=O) groups excluding carboxylic acids is 4. The molecule has 150 valence electrons. The zero-order valence-electron chi connectivity index (χ0n) is 15.7. The number of imide groups is 1. The Bertz CT molecular complexity index is 770. The second-order valence-corrected chi connectivity index (χ2v) is 6.93. The van der Waals surface area contributed by atoms with Gasteiger partial charge in [-0.3, -0.25) is 19.8 Å². The molecular weight excluding hydrogens is 366 g/mol. The van der Waals surface area contributed by atoms with E-state index in [0.717, 1.165) is 19.3 Å². The van der Waals surface area contributed by atoms with Crippen LogP contribution in [0.3, 0.4) is 0 Å². The molecule has 0 radical (unpaired) electrons. The van der Waals surface area contributed by atoms with E-state index < -0.39 is 36.0 Å². The van der Waals surface area contributed by atoms with Crippen LogP contribution >= 0.6 is 0 Å². The van der Waals surface area contributed by atoms with Gasteiger partial charge in [0.15, 0.2) is 6.61 Å². The van der Waals surface area contributed by atoms with E-state index in [-0.39, 0.29) is 6.42 Å². The third kappa shape index (κ3) is 4.24. The molecule has 1 aliphatic carbocycles. The summed E-state index contributed by atoms with van der Waals surface area (Å²) in [7, 11) is 1.54. The number of rotatable bonds is 6. The molecule has 1 aromatic rings. The van der Waals surface area contributed by atoms with Gasteiger partial charge in [0.05, 0.1) is 13.5 Å². The Labute approximate surface area is 162 Å². The van der Waals surface area contributed by atoms with Gasteiger partial charge in [-0.05, 0) is 30.5 Å². The summed E-state index contributed by atoms with van der Waals surface area (Å²) < 4.78 is 9.97. The molecule has 0 unspecified atom stereocenters. The zero-order chi connectivity index (χ0) is 20.1. The van der Waals surface area contributed by atoms with Gasteiger partial charge in [0, 0.05) is 0 Å². The number of urea groups is 1. The van der Waals surface area contributed by atoms with Gasteiger partial charge in [-0.2, -0.15) is 5.01 Å². The first-order chi connectivity index (χ1) is 13.4. The molecule has 1 saturated carbocycles. The number of hydrazine groups is 1. The lowest BCUT2D eigenvalue weighted by atomic mass is 9.82. The third-order valence-electron chi connectivity index (χ3n) is 4.98. The summed E-state index contributed by atoms with van der Waals surface area (Å²) in [5.41, 5.74) is 2.01. The average molecular weight is 389 g/mol. The largest absolute Gasteiger partial charge is 0.497 e. The number of esters is 1. The van der Waals surface area contributed by atoms with Crippen molar-refractivity contribution in [2.45, 2.75) is 44.1 Å². The van der Waals surface area contributed by atoms with Crippen LogP contribution in [0, 0.1) is 0 Å². The topological polar surface area (TPSA) is 114 Å². The van der Waals surface area contributed by atoms with Crippen LogP contribution in [-0.2, 0) is 25.5 Å². The molecule has 1 heterocycles. The molecule has 0 aromatic heterocycles. The lowest BCUT2D eigenvalue weighted by molar-refractivity contribution is -0.150. The Morgan fingerprint density at radius 3 is 2.46 bits per heavy atom. The van der Waals surface area contributed by atoms with Gasteiger partial charge in [-0.15, -0.1) is 0 Å². The minimum atomic E-state index is -0.923. The fourth-order valence-electron chi connectivity index (χ4n) is 3.48. The summed E-state index contributed by atoms with van der Waals surface area (Å²) in [6, 6.07) is 6.21. The first-order valence-electron chi connectivity index (χ1n) is 9.18. The normalized spacial score (nSPS) is 18.0. The van der Waals surface area contributed by atoms with Gasteiger partial charge in [-0.25, -0.2) is 4.79 Å². The molecule has 2 aliphatic rings. The highest BCUT2D eigenvalue weighted by molar-refractivity contribution is 6.08. The second-order valence-electron chi connectivity index (χ2n) is 6.93. The van der Waals surface area contributed by atoms with Crippen molar-refractivity contribution < 1.29 is 28.7 Å². The first kappa shape index (κ1) is 19.7. The fraction of sp³-hybridized carbons (Fsp3) is 0.474. The Balaban J connectivity index is 1.47. The molecule has 1 spiro atoms. The lowest BCUT2D eigenvalue weighted by Crippen LogP contribution is -2.51. The molecule has 28 heavy (non-hydrogen) atoms. The number of amides is 4. The molecule has 9 heteroatoms. The Hall–Kier alpha value is -3.10. The quantitative estimate of drug-likeness (QED) is 0.556. The van der Waals surface area contributed by atoms with E-state index in [2.05, 4.69) is 10.7 Å². The molecule has 9 nitrogen and oxygen atoms in total. The van der Waals surface area contributed by atoms with Crippen LogP contribution in [0.2, 0.25) is 0 Å². The van der Waals surface area contributed by atoms with Crippen molar-refractivity contribution in [2.24, 2.45) is 0 Å². The number of nitrogens with one attached hydrogen (secondary N) is 2. The number of hydrogen-bond acceptors (Lipinski definition) is 6. The predicted octanol–water partition coefficient (Wildman–Crippen LogP) is 1.07. The number of methoxy groups -OCH3 is 1. The van der Waals surface area contributed by atoms with Gasteiger partial charge in [0.2, 0.25) is 0 Å². The molecule has 0 bridgehead atoms. The maximum atomic E-state index is 12.6. The van der Waals surface area contributed by atoms with Crippen LogP contribution in [-0.4, -0.2) is 48.1 Å². The van der Waals surface area contributed by atoms with Crippen molar-refractivity contribution in [1.82, 2.24) is 15.8 Å². The molecule has 3 rings (SSSR count). The second kappa shape index (κ2) is 8.28. The van der Waals surface area contributed by atoms with E-state index in [9.17, 15) is 19.2 Å². The van der Waals surface area contributed by atoms with Gasteiger partial charge < -0.3 is 14.8 Å². The van der Waals surface area contributed by atoms with Gasteiger partial charge in [0.1, 0.15) is 11.3 Å². The Morgan fingerprint density at radius 2 is 1.82 bits per heavy atom. The summed E-state index contributed by atoms with van der Waals surface area (Å²) in [5, 5.41) is 3.37. The molecule has 1 aliphatic heterocycles. The predicted molar refractivity (Wildman–Crippen MR) is 97.0 cm³/mol. The fourth-order valence-corrected chi connectivity index (χ4v) is 3.48. The zero-order valence-corrected chi connectivity index (χ0v) is 15.7. The number of hydrogen-bond donors (Lipinski definition) is 2. The molecular formula is C19H23N3O6. The van der Waals surface area contributed by atoms with Crippen LogP contribution < -0.4 is 15.5 Å². The van der Waals surface area contributed by atoms with Crippen LogP contribution in [0.15, 0.2) is 24.3 Å². The molecule has 1 aromatic carbocycles. The van der Waals surface area contributed by atoms with E-state index in [1.54, 1.807) is 31.4 Å². The monoisotopic (exact) mass is 389 g/mol. The standard InChI is InChI=1S/C19H23N3O6/c1-27-14-7-5-13(6-8-14)11-16(24)28-12-15(23)21-22-17(25)19(20-18(22)26)9-3-2-4-10-19/h5-8H,2-4,9-12H2,1H3,(H,20,26)(H,21,23). The number of carbonyl (C=O) groups is 4. The Kier molecular flexibility index (Phi) is 5.81. The molecule has 4 amide bonds. The summed E-state index contributed by atoms with van der Waals surface area (Å²) >= 11 is 0. The van der Waals surface area contributed by atoms with Crippen molar-refractivity contribution >= 4 is 23.8 Å². The number of benzene rings is 1. The highest BCUT2D eigenvalue weighted by Gasteiger charge is 2.52. The van der Waals surface area contributed by atoms with Gasteiger partial charge in [-0.1, -0.05) is 31.4 Å². The van der Waals surface area contributed by atoms with E-state index in [1.807, 2.05) is 0 Å². The number of ether oxygens (including phenoxy) is 2. The molecule has 2 fully saturated rings. The van der Waals surface area contributed by atoms with Crippen molar-refractivity contribution in [1.29, 1.82) is 0 Å². The van der Waals surface area contributed by atoms with Gasteiger partial charge in [0.25, 0.3) is 11.8 Å². The maximum Gasteiger partial charge on any atom is 0.344 e. The first-order valence-corrected chi connectivity index (χ1v) is 9.18. The van der Waals surface area contributed by atoms with Crippen LogP contribution in [0.4, 0.5) is 4.79 Å². The van der Waals surface area contributed by atoms with E-state index in [0.29, 0.717) is 29.2 Å². The minimum absolute atomic E-state index is 0.0104. The summed E-state index contributed by atoms with van der Waals surface area (Å²) in [5.74, 6) is -1.14. The van der Waals surface area contributed by atoms with Crippen molar-refractivity contribution in [2.75, 3.05) is 13.7 Å². The lowest BCUT2D eigenvalue weighted by Gasteiger charge is -2.30. The number of nitrogens with zero attached hydrogens (tertiary/aromatic N) is 1. The highest BCUT2D eigenvalue weighted by Crippen LogP contribution is 2.32. The Morgan fingerprint density at radius 1 is 1.14 bits per heavy atom. The SMILES string of the molecule is COc1ccc(CC(=O)OCC(=O)NN2C(=O)NC3(CCCCC3)C2=O)cc1.